The van der Waals surface area contributed by atoms with Crippen molar-refractivity contribution in [2.24, 2.45) is 0 Å². The molecule has 1 aliphatic heterocycles. The second-order valence-corrected chi connectivity index (χ2v) is 11.3. The maximum Gasteiger partial charge on any atom is 0.299 e. The second-order valence-electron chi connectivity index (χ2n) is 10.8. The van der Waals surface area contributed by atoms with Crippen molar-refractivity contribution in [1.82, 2.24) is 4.90 Å². The minimum atomic E-state index is -1.14. The fourth-order valence-electron chi connectivity index (χ4n) is 5.72. The largest absolute Gasteiger partial charge is 0.378 e. The van der Waals surface area contributed by atoms with Crippen LogP contribution in [0.4, 0.5) is 17.1 Å². The summed E-state index contributed by atoms with van der Waals surface area (Å²) in [6.07, 6.45) is 3.49. The van der Waals surface area contributed by atoms with Gasteiger partial charge >= 0.3 is 0 Å². The van der Waals surface area contributed by atoms with E-state index in [9.17, 15) is 19.2 Å². The van der Waals surface area contributed by atoms with E-state index in [4.69, 9.17) is 11.6 Å². The summed E-state index contributed by atoms with van der Waals surface area (Å²) >= 11 is 6.13. The van der Waals surface area contributed by atoms with Crippen molar-refractivity contribution in [3.8, 4) is 0 Å². The fraction of sp³-hybridized carbons (Fsp3) is 0.312. The topological polar surface area (TPSA) is 90.0 Å². The zero-order chi connectivity index (χ0) is 29.1. The molecule has 212 valence electrons. The Morgan fingerprint density at radius 3 is 2.22 bits per heavy atom. The van der Waals surface area contributed by atoms with E-state index in [2.05, 4.69) is 5.32 Å². The van der Waals surface area contributed by atoms with Crippen molar-refractivity contribution in [2.75, 3.05) is 35.8 Å². The van der Waals surface area contributed by atoms with Crippen molar-refractivity contribution < 1.29 is 19.2 Å². The van der Waals surface area contributed by atoms with Gasteiger partial charge in [0.1, 0.15) is 12.1 Å². The summed E-state index contributed by atoms with van der Waals surface area (Å²) in [7, 11) is 3.89. The third-order valence-corrected chi connectivity index (χ3v) is 8.24. The summed E-state index contributed by atoms with van der Waals surface area (Å²) in [5.41, 5.74) is 1.99. The number of fused-ring (bicyclic) bond motifs is 1. The maximum atomic E-state index is 14.2. The zero-order valence-electron chi connectivity index (χ0n) is 23.2. The van der Waals surface area contributed by atoms with Crippen LogP contribution in [-0.4, -0.2) is 54.6 Å². The molecular weight excluding hydrogens is 540 g/mol. The fourth-order valence-corrected chi connectivity index (χ4v) is 5.85. The molecule has 0 unspecified atom stereocenters. The van der Waals surface area contributed by atoms with Gasteiger partial charge in [0.2, 0.25) is 11.8 Å². The summed E-state index contributed by atoms with van der Waals surface area (Å²) in [6, 6.07) is 21.4. The molecule has 1 fully saturated rings. The third-order valence-electron chi connectivity index (χ3n) is 7.99. The van der Waals surface area contributed by atoms with Gasteiger partial charge in [-0.3, -0.25) is 24.1 Å². The highest BCUT2D eigenvalue weighted by atomic mass is 35.5. The van der Waals surface area contributed by atoms with E-state index in [-0.39, 0.29) is 24.6 Å². The lowest BCUT2D eigenvalue weighted by molar-refractivity contribution is -0.148. The molecule has 0 saturated heterocycles. The van der Waals surface area contributed by atoms with E-state index in [1.165, 1.54) is 4.90 Å². The van der Waals surface area contributed by atoms with Crippen LogP contribution >= 0.6 is 11.6 Å². The van der Waals surface area contributed by atoms with Gasteiger partial charge in [0.25, 0.3) is 11.7 Å². The molecule has 3 aromatic carbocycles. The molecule has 1 heterocycles. The number of amides is 3. The van der Waals surface area contributed by atoms with Crippen LogP contribution in [0.3, 0.4) is 0 Å². The van der Waals surface area contributed by atoms with Gasteiger partial charge in [-0.2, -0.15) is 0 Å². The number of benzene rings is 3. The number of para-hydroxylation sites is 1. The Balaban J connectivity index is 1.50. The molecule has 8 nitrogen and oxygen atoms in total. The molecule has 3 amide bonds. The van der Waals surface area contributed by atoms with Crippen molar-refractivity contribution in [3.05, 3.63) is 88.9 Å². The molecule has 0 radical (unpaired) electrons. The number of nitrogens with one attached hydrogen (secondary N) is 1. The SMILES string of the molecule is CN(C)c1ccc(NC(=O)C2(N(Cc3ccc(Cl)cc3)C(=O)CN3C(=O)C(=O)c4ccccc43)CCCCC2)cc1. The number of nitrogens with zero attached hydrogens (tertiary/aromatic N) is 3. The second kappa shape index (κ2) is 11.7. The summed E-state index contributed by atoms with van der Waals surface area (Å²) in [5.74, 6) is -2.04. The molecule has 9 heteroatoms. The van der Waals surface area contributed by atoms with Crippen LogP contribution in [0.25, 0.3) is 0 Å². The summed E-state index contributed by atoms with van der Waals surface area (Å²) < 4.78 is 0. The van der Waals surface area contributed by atoms with Crippen molar-refractivity contribution in [1.29, 1.82) is 0 Å². The Hall–Kier alpha value is -4.17. The first-order valence-corrected chi connectivity index (χ1v) is 14.2. The molecule has 0 atom stereocenters. The predicted molar refractivity (Wildman–Crippen MR) is 160 cm³/mol. The minimum Gasteiger partial charge on any atom is -0.378 e. The smallest absolute Gasteiger partial charge is 0.299 e. The van der Waals surface area contributed by atoms with Crippen LogP contribution in [0.5, 0.6) is 0 Å². The molecule has 5 rings (SSSR count). The molecule has 0 aromatic heterocycles. The molecule has 3 aromatic rings. The highest BCUT2D eigenvalue weighted by Gasteiger charge is 2.48. The average molecular weight is 573 g/mol. The number of anilines is 3. The highest BCUT2D eigenvalue weighted by Crippen LogP contribution is 2.37. The quantitative estimate of drug-likeness (QED) is 0.370. The Labute approximate surface area is 244 Å². The van der Waals surface area contributed by atoms with Gasteiger partial charge in [-0.15, -0.1) is 0 Å². The van der Waals surface area contributed by atoms with Gasteiger partial charge in [-0.1, -0.05) is 55.1 Å². The lowest BCUT2D eigenvalue weighted by atomic mass is 9.78. The molecule has 0 spiro atoms. The van der Waals surface area contributed by atoms with Crippen LogP contribution in [0.15, 0.2) is 72.8 Å². The molecule has 0 bridgehead atoms. The standard InChI is InChI=1S/C32H33ClN4O4/c1-35(2)25-16-14-24(15-17-25)34-31(41)32(18-6-3-7-19-32)37(20-22-10-12-23(33)13-11-22)28(38)21-36-27-9-5-4-8-26(27)29(39)30(36)40/h4-5,8-17H,3,6-7,18-21H2,1-2H3,(H,34,41). The number of rotatable bonds is 8. The normalized spacial score (nSPS) is 15.8. The minimum absolute atomic E-state index is 0.153. The monoisotopic (exact) mass is 572 g/mol. The first-order chi connectivity index (χ1) is 19.7. The first kappa shape index (κ1) is 28.4. The number of hydrogen-bond acceptors (Lipinski definition) is 5. The number of hydrogen-bond donors (Lipinski definition) is 1. The average Bonchev–Trinajstić information content (AvgIpc) is 3.22. The van der Waals surface area contributed by atoms with Gasteiger partial charge in [-0.05, 0) is 66.9 Å². The van der Waals surface area contributed by atoms with Crippen molar-refractivity contribution in [3.63, 3.8) is 0 Å². The van der Waals surface area contributed by atoms with Crippen LogP contribution in [0.2, 0.25) is 5.02 Å². The molecule has 1 aliphatic carbocycles. The highest BCUT2D eigenvalue weighted by molar-refractivity contribution is 6.52. The summed E-state index contributed by atoms with van der Waals surface area (Å²) in [6.45, 7) is -0.192. The summed E-state index contributed by atoms with van der Waals surface area (Å²) in [4.78, 5) is 58.8. The zero-order valence-corrected chi connectivity index (χ0v) is 24.0. The maximum absolute atomic E-state index is 14.2. The molecular formula is C32H33ClN4O4. The van der Waals surface area contributed by atoms with Gasteiger partial charge in [-0.25, -0.2) is 0 Å². The lowest BCUT2D eigenvalue weighted by Crippen LogP contribution is -2.61. The number of halogens is 1. The Bertz CT molecular complexity index is 1460. The summed E-state index contributed by atoms with van der Waals surface area (Å²) in [5, 5.41) is 3.63. The number of Topliss-reactive ketones (excluding diaryl/α,β-unsaturated/α-hetero) is 1. The van der Waals surface area contributed by atoms with Crippen LogP contribution in [0.1, 0.15) is 48.0 Å². The Morgan fingerprint density at radius 2 is 1.56 bits per heavy atom. The van der Waals surface area contributed by atoms with E-state index in [1.54, 1.807) is 41.3 Å². The van der Waals surface area contributed by atoms with Gasteiger partial charge < -0.3 is 15.1 Å². The number of ketones is 1. The van der Waals surface area contributed by atoms with Gasteiger partial charge in [0, 0.05) is 37.0 Å². The third kappa shape index (κ3) is 5.70. The molecule has 1 N–H and O–H groups in total. The van der Waals surface area contributed by atoms with Crippen LogP contribution in [0, 0.1) is 0 Å². The number of carbonyl (C=O) groups is 4. The Kier molecular flexibility index (Phi) is 8.13. The molecule has 1 saturated carbocycles. The van der Waals surface area contributed by atoms with E-state index < -0.39 is 23.1 Å². The molecule has 2 aliphatic rings. The van der Waals surface area contributed by atoms with Crippen LogP contribution in [-0.2, 0) is 20.9 Å². The predicted octanol–water partition coefficient (Wildman–Crippen LogP) is 5.31. The molecule has 41 heavy (non-hydrogen) atoms. The van der Waals surface area contributed by atoms with Crippen LogP contribution < -0.4 is 15.1 Å². The number of carbonyl (C=O) groups excluding carboxylic acids is 4. The van der Waals surface area contributed by atoms with Gasteiger partial charge in [0.15, 0.2) is 0 Å². The Morgan fingerprint density at radius 1 is 0.902 bits per heavy atom. The first-order valence-electron chi connectivity index (χ1n) is 13.8. The lowest BCUT2D eigenvalue weighted by Gasteiger charge is -2.45. The van der Waals surface area contributed by atoms with Gasteiger partial charge in [0.05, 0.1) is 11.3 Å². The van der Waals surface area contributed by atoms with E-state index in [1.807, 2.05) is 55.4 Å². The van der Waals surface area contributed by atoms with E-state index in [0.717, 1.165) is 30.5 Å². The van der Waals surface area contributed by atoms with Crippen molar-refractivity contribution in [2.45, 2.75) is 44.2 Å². The van der Waals surface area contributed by atoms with E-state index >= 15 is 0 Å². The van der Waals surface area contributed by atoms with Crippen molar-refractivity contribution >= 4 is 52.2 Å². The van der Waals surface area contributed by atoms with E-state index in [0.29, 0.717) is 29.2 Å².